The van der Waals surface area contributed by atoms with E-state index in [9.17, 15) is 22.8 Å². The summed E-state index contributed by atoms with van der Waals surface area (Å²) in [6.45, 7) is 0.852. The highest BCUT2D eigenvalue weighted by molar-refractivity contribution is 6.31. The SMILES string of the molecule is CCCCOC(=O)N1CCN(c2ccnc(-c3c[nH]c4ncc(Cl)cc34)n2)[C@@H](C(=O)NCC(F)(F)F)C1. The second kappa shape index (κ2) is 11.2. The zero-order valence-corrected chi connectivity index (χ0v) is 20.6. The lowest BCUT2D eigenvalue weighted by Gasteiger charge is -2.40. The highest BCUT2D eigenvalue weighted by atomic mass is 35.5. The number of pyridine rings is 1. The number of ether oxygens (including phenoxy) is 1. The number of anilines is 1. The number of aromatic amines is 1. The molecule has 4 heterocycles. The van der Waals surface area contributed by atoms with Gasteiger partial charge in [0.1, 0.15) is 24.1 Å². The van der Waals surface area contributed by atoms with Crippen molar-refractivity contribution < 1.29 is 27.5 Å². The van der Waals surface area contributed by atoms with Gasteiger partial charge >= 0.3 is 12.3 Å². The molecule has 1 saturated heterocycles. The van der Waals surface area contributed by atoms with Crippen molar-refractivity contribution in [1.29, 1.82) is 0 Å². The van der Waals surface area contributed by atoms with Crippen molar-refractivity contribution in [2.45, 2.75) is 32.0 Å². The van der Waals surface area contributed by atoms with E-state index in [1.54, 1.807) is 23.2 Å². The van der Waals surface area contributed by atoms with Gasteiger partial charge in [-0.1, -0.05) is 24.9 Å². The highest BCUT2D eigenvalue weighted by Gasteiger charge is 2.37. The maximum absolute atomic E-state index is 12.9. The lowest BCUT2D eigenvalue weighted by Crippen LogP contribution is -2.61. The summed E-state index contributed by atoms with van der Waals surface area (Å²) in [4.78, 5) is 44.4. The number of carbonyl (C=O) groups excluding carboxylic acids is 2. The summed E-state index contributed by atoms with van der Waals surface area (Å²) in [5.74, 6) is -0.254. The number of hydrogen-bond donors (Lipinski definition) is 2. The predicted octanol–water partition coefficient (Wildman–Crippen LogP) is 3.78. The van der Waals surface area contributed by atoms with Gasteiger partial charge in [0.25, 0.3) is 0 Å². The molecule has 0 bridgehead atoms. The minimum absolute atomic E-state index is 0.144. The summed E-state index contributed by atoms with van der Waals surface area (Å²) in [6.07, 6.45) is 0.972. The van der Waals surface area contributed by atoms with E-state index in [4.69, 9.17) is 16.3 Å². The number of alkyl halides is 3. The Morgan fingerprint density at radius 3 is 2.86 bits per heavy atom. The van der Waals surface area contributed by atoms with Crippen LogP contribution in [-0.4, -0.2) is 81.8 Å². The van der Waals surface area contributed by atoms with Crippen molar-refractivity contribution in [3.8, 4) is 11.4 Å². The fourth-order valence-electron chi connectivity index (χ4n) is 3.95. The summed E-state index contributed by atoms with van der Waals surface area (Å²) in [6, 6.07) is 2.14. The van der Waals surface area contributed by atoms with Crippen LogP contribution in [0.2, 0.25) is 5.02 Å². The Kier molecular flexibility index (Phi) is 8.00. The first-order valence-corrected chi connectivity index (χ1v) is 12.0. The van der Waals surface area contributed by atoms with Crippen LogP contribution >= 0.6 is 11.6 Å². The second-order valence-electron chi connectivity index (χ2n) is 8.45. The summed E-state index contributed by atoms with van der Waals surface area (Å²) in [5.41, 5.74) is 1.19. The maximum Gasteiger partial charge on any atom is 0.409 e. The van der Waals surface area contributed by atoms with Crippen LogP contribution in [0.1, 0.15) is 19.8 Å². The third kappa shape index (κ3) is 6.40. The zero-order chi connectivity index (χ0) is 26.6. The molecule has 2 amide bonds. The first-order chi connectivity index (χ1) is 17.7. The number of unbranched alkanes of at least 4 members (excludes halogenated alkanes) is 1. The van der Waals surface area contributed by atoms with Crippen LogP contribution in [0.5, 0.6) is 0 Å². The van der Waals surface area contributed by atoms with E-state index in [1.165, 1.54) is 17.3 Å². The second-order valence-corrected chi connectivity index (χ2v) is 8.88. The summed E-state index contributed by atoms with van der Waals surface area (Å²) in [7, 11) is 0. The van der Waals surface area contributed by atoms with E-state index >= 15 is 0 Å². The zero-order valence-electron chi connectivity index (χ0n) is 19.9. The molecule has 4 rings (SSSR count). The van der Waals surface area contributed by atoms with E-state index in [0.717, 1.165) is 6.42 Å². The maximum atomic E-state index is 12.9. The Labute approximate surface area is 215 Å². The number of halogens is 4. The van der Waals surface area contributed by atoms with Crippen LogP contribution in [0.25, 0.3) is 22.4 Å². The molecule has 37 heavy (non-hydrogen) atoms. The molecule has 0 unspecified atom stereocenters. The van der Waals surface area contributed by atoms with Gasteiger partial charge in [-0.2, -0.15) is 13.2 Å². The minimum Gasteiger partial charge on any atom is -0.449 e. The van der Waals surface area contributed by atoms with Crippen molar-refractivity contribution in [2.75, 3.05) is 37.7 Å². The van der Waals surface area contributed by atoms with Gasteiger partial charge in [0, 0.05) is 42.6 Å². The molecule has 2 N–H and O–H groups in total. The molecule has 3 aromatic heterocycles. The molecular weight excluding hydrogens is 515 g/mol. The quantitative estimate of drug-likeness (QED) is 0.439. The van der Waals surface area contributed by atoms with Crippen molar-refractivity contribution in [2.24, 2.45) is 0 Å². The average Bonchev–Trinajstić information content (AvgIpc) is 3.29. The van der Waals surface area contributed by atoms with Gasteiger partial charge in [0.15, 0.2) is 5.82 Å². The lowest BCUT2D eigenvalue weighted by atomic mass is 10.1. The van der Waals surface area contributed by atoms with Crippen LogP contribution in [0.3, 0.4) is 0 Å². The van der Waals surface area contributed by atoms with Crippen LogP contribution in [0.4, 0.5) is 23.8 Å². The summed E-state index contributed by atoms with van der Waals surface area (Å²) in [5, 5.41) is 3.03. The summed E-state index contributed by atoms with van der Waals surface area (Å²) >= 11 is 6.09. The molecule has 198 valence electrons. The monoisotopic (exact) mass is 539 g/mol. The molecule has 0 aromatic carbocycles. The Morgan fingerprint density at radius 1 is 1.30 bits per heavy atom. The number of fused-ring (bicyclic) bond motifs is 1. The number of rotatable bonds is 7. The molecule has 0 spiro atoms. The Hall–Kier alpha value is -3.61. The van der Waals surface area contributed by atoms with Gasteiger partial charge in [-0.25, -0.2) is 19.7 Å². The van der Waals surface area contributed by atoms with Gasteiger partial charge in [0.2, 0.25) is 5.91 Å². The molecule has 3 aromatic rings. The number of amides is 2. The topological polar surface area (TPSA) is 116 Å². The van der Waals surface area contributed by atoms with E-state index in [1.807, 2.05) is 12.2 Å². The standard InChI is InChI=1S/C23H25ClF3N7O3/c1-2-3-8-37-22(36)33-6-7-34(17(12-33)21(35)31-13-23(25,26)27)18-4-5-28-20(32-18)16-11-30-19-15(16)9-14(24)10-29-19/h4-5,9-11,17H,2-3,6-8,12-13H2,1H3,(H,29,30)(H,31,35)/t17-/m1/s1. The van der Waals surface area contributed by atoms with Crippen molar-refractivity contribution in [3.05, 3.63) is 35.7 Å². The van der Waals surface area contributed by atoms with Gasteiger partial charge in [-0.15, -0.1) is 0 Å². The molecule has 0 aliphatic carbocycles. The normalized spacial score (nSPS) is 16.2. The third-order valence-electron chi connectivity index (χ3n) is 5.80. The molecule has 0 saturated carbocycles. The Morgan fingerprint density at radius 2 is 2.11 bits per heavy atom. The number of H-pyrrole nitrogens is 1. The number of nitrogens with zero attached hydrogens (tertiary/aromatic N) is 5. The minimum atomic E-state index is -4.58. The van der Waals surface area contributed by atoms with Crippen molar-refractivity contribution in [3.63, 3.8) is 0 Å². The number of carbonyl (C=O) groups is 2. The first kappa shape index (κ1) is 26.5. The Bertz CT molecular complexity index is 1270. The molecule has 10 nitrogen and oxygen atoms in total. The molecule has 0 radical (unpaired) electrons. The predicted molar refractivity (Wildman–Crippen MR) is 130 cm³/mol. The molecule has 1 aliphatic heterocycles. The molecule has 1 aliphatic rings. The molecule has 1 fully saturated rings. The van der Waals surface area contributed by atoms with Crippen LogP contribution < -0.4 is 10.2 Å². The highest BCUT2D eigenvalue weighted by Crippen LogP contribution is 2.29. The fraction of sp³-hybridized carbons (Fsp3) is 0.435. The molecule has 14 heteroatoms. The van der Waals surface area contributed by atoms with Crippen molar-refractivity contribution >= 4 is 40.5 Å². The number of aromatic nitrogens is 4. The number of piperazine rings is 1. The van der Waals surface area contributed by atoms with Crippen LogP contribution in [0, 0.1) is 0 Å². The van der Waals surface area contributed by atoms with Gasteiger partial charge in [0.05, 0.1) is 18.2 Å². The van der Waals surface area contributed by atoms with Gasteiger partial charge in [-0.3, -0.25) is 4.79 Å². The van der Waals surface area contributed by atoms with E-state index in [2.05, 4.69) is 19.9 Å². The molecular formula is C23H25ClF3N7O3. The average molecular weight is 540 g/mol. The largest absolute Gasteiger partial charge is 0.449 e. The van der Waals surface area contributed by atoms with Crippen molar-refractivity contribution in [1.82, 2.24) is 30.2 Å². The third-order valence-corrected chi connectivity index (χ3v) is 6.01. The number of hydrogen-bond acceptors (Lipinski definition) is 7. The van der Waals surface area contributed by atoms with Crippen LogP contribution in [-0.2, 0) is 9.53 Å². The van der Waals surface area contributed by atoms with Gasteiger partial charge in [-0.05, 0) is 18.6 Å². The smallest absolute Gasteiger partial charge is 0.409 e. The van der Waals surface area contributed by atoms with E-state index in [-0.39, 0.29) is 26.2 Å². The summed E-state index contributed by atoms with van der Waals surface area (Å²) < 4.78 is 43.6. The molecule has 1 atom stereocenters. The first-order valence-electron chi connectivity index (χ1n) is 11.6. The van der Waals surface area contributed by atoms with E-state index < -0.39 is 30.8 Å². The lowest BCUT2D eigenvalue weighted by molar-refractivity contribution is -0.139. The van der Waals surface area contributed by atoms with Crippen LogP contribution in [0.15, 0.2) is 30.7 Å². The van der Waals surface area contributed by atoms with Gasteiger partial charge < -0.3 is 24.8 Å². The fourth-order valence-corrected chi connectivity index (χ4v) is 4.11. The number of nitrogens with one attached hydrogen (secondary N) is 2. The van der Waals surface area contributed by atoms with E-state index in [0.29, 0.717) is 39.7 Å². The Balaban J connectivity index is 1.60.